The minimum atomic E-state index is -0.709. The topological polar surface area (TPSA) is 103 Å². The Balaban J connectivity index is 1.76. The van der Waals surface area contributed by atoms with Crippen LogP contribution in [0.15, 0.2) is 77.4 Å². The van der Waals surface area contributed by atoms with Crippen molar-refractivity contribution in [2.24, 2.45) is 5.73 Å². The average molecular weight is 453 g/mol. The highest BCUT2D eigenvalue weighted by Gasteiger charge is 2.42. The van der Waals surface area contributed by atoms with Crippen molar-refractivity contribution in [2.45, 2.75) is 39.0 Å². The van der Waals surface area contributed by atoms with E-state index in [1.165, 1.54) is 0 Å². The fraction of sp³-hybridized carbons (Fsp3) is 0.222. The van der Waals surface area contributed by atoms with Crippen LogP contribution in [0, 0.1) is 25.2 Å². The van der Waals surface area contributed by atoms with Crippen LogP contribution in [0.5, 0.6) is 11.6 Å². The second kappa shape index (κ2) is 8.56. The second-order valence-corrected chi connectivity index (χ2v) is 8.51. The van der Waals surface area contributed by atoms with E-state index in [4.69, 9.17) is 20.3 Å². The first-order chi connectivity index (χ1) is 16.5. The molecule has 3 aromatic rings. The minimum Gasteiger partial charge on any atom is -0.444 e. The van der Waals surface area contributed by atoms with Gasteiger partial charge >= 0.3 is 0 Å². The number of para-hydroxylation sites is 1. The maximum absolute atomic E-state index is 13.1. The van der Waals surface area contributed by atoms with Gasteiger partial charge in [-0.2, -0.15) is 10.4 Å². The zero-order chi connectivity index (χ0) is 23.8. The standard InChI is InChI=1S/C27H24N4O3/c1-16-11-13-19(14-12-16)33-27-23(17(2)30-31(27)18-7-4-3-5-8-18)24-20(15-28)26(29)34-22-10-6-9-21(32)25(22)24/h3-5,7-8,11-14,24H,6,9-10,29H2,1-2H3. The molecule has 7 heteroatoms. The highest BCUT2D eigenvalue weighted by molar-refractivity contribution is 5.99. The van der Waals surface area contributed by atoms with Gasteiger partial charge in [-0.1, -0.05) is 35.9 Å². The Hall–Kier alpha value is -4.31. The van der Waals surface area contributed by atoms with E-state index in [1.807, 2.05) is 68.4 Å². The molecular weight excluding hydrogens is 428 g/mol. The number of ketones is 1. The zero-order valence-electron chi connectivity index (χ0n) is 19.0. The Kier molecular flexibility index (Phi) is 5.42. The number of hydrogen-bond donors (Lipinski definition) is 1. The molecule has 2 aromatic carbocycles. The third-order valence-corrected chi connectivity index (χ3v) is 6.19. The summed E-state index contributed by atoms with van der Waals surface area (Å²) < 4.78 is 13.9. The summed E-state index contributed by atoms with van der Waals surface area (Å²) in [5.41, 5.74) is 10.0. The number of hydrogen-bond acceptors (Lipinski definition) is 6. The Morgan fingerprint density at radius 3 is 2.56 bits per heavy atom. The lowest BCUT2D eigenvalue weighted by molar-refractivity contribution is -0.116. The molecular formula is C27H24N4O3. The number of Topliss-reactive ketones (excluding diaryl/α,β-unsaturated/α-hetero) is 1. The van der Waals surface area contributed by atoms with Crippen molar-refractivity contribution in [1.29, 1.82) is 5.26 Å². The van der Waals surface area contributed by atoms with E-state index in [1.54, 1.807) is 4.68 Å². The number of carbonyl (C=O) groups excluding carboxylic acids is 1. The molecule has 2 N–H and O–H groups in total. The maximum Gasteiger partial charge on any atom is 0.227 e. The molecule has 0 amide bonds. The molecule has 34 heavy (non-hydrogen) atoms. The van der Waals surface area contributed by atoms with E-state index in [2.05, 4.69) is 6.07 Å². The van der Waals surface area contributed by atoms with Crippen LogP contribution in [0.25, 0.3) is 5.69 Å². The first-order valence-electron chi connectivity index (χ1n) is 11.2. The van der Waals surface area contributed by atoms with Gasteiger partial charge in [0, 0.05) is 18.4 Å². The molecule has 2 aliphatic rings. The lowest BCUT2D eigenvalue weighted by atomic mass is 9.77. The van der Waals surface area contributed by atoms with Crippen LogP contribution in [-0.4, -0.2) is 15.6 Å². The van der Waals surface area contributed by atoms with E-state index in [9.17, 15) is 10.1 Å². The number of nitrogens with two attached hydrogens (primary N) is 1. The predicted molar refractivity (Wildman–Crippen MR) is 126 cm³/mol. The van der Waals surface area contributed by atoms with Crippen molar-refractivity contribution in [3.8, 4) is 23.4 Å². The molecule has 0 radical (unpaired) electrons. The normalized spacial score (nSPS) is 17.8. The summed E-state index contributed by atoms with van der Waals surface area (Å²) in [7, 11) is 0. The van der Waals surface area contributed by atoms with E-state index in [0.717, 1.165) is 11.3 Å². The number of allylic oxidation sites excluding steroid dienone is 3. The van der Waals surface area contributed by atoms with Gasteiger partial charge in [0.05, 0.1) is 22.9 Å². The van der Waals surface area contributed by atoms with E-state index < -0.39 is 5.92 Å². The molecule has 0 fully saturated rings. The van der Waals surface area contributed by atoms with Gasteiger partial charge in [0.2, 0.25) is 11.8 Å². The van der Waals surface area contributed by atoms with Gasteiger partial charge in [0.15, 0.2) is 5.78 Å². The summed E-state index contributed by atoms with van der Waals surface area (Å²) in [5, 5.41) is 14.8. The Bertz CT molecular complexity index is 1380. The summed E-state index contributed by atoms with van der Waals surface area (Å²) in [5.74, 6) is 0.861. The molecule has 1 aromatic heterocycles. The lowest BCUT2D eigenvalue weighted by Crippen LogP contribution is -2.27. The van der Waals surface area contributed by atoms with Crippen molar-refractivity contribution in [3.05, 3.63) is 94.2 Å². The third kappa shape index (κ3) is 3.63. The molecule has 0 saturated heterocycles. The Labute approximate surface area is 197 Å². The van der Waals surface area contributed by atoms with Crippen LogP contribution < -0.4 is 10.5 Å². The first-order valence-corrected chi connectivity index (χ1v) is 11.2. The molecule has 0 spiro atoms. The number of nitriles is 1. The van der Waals surface area contributed by atoms with E-state index >= 15 is 0 Å². The number of aryl methyl sites for hydroxylation is 2. The molecule has 1 atom stereocenters. The van der Waals surface area contributed by atoms with Crippen LogP contribution in [0.4, 0.5) is 0 Å². The van der Waals surface area contributed by atoms with Crippen molar-refractivity contribution in [3.63, 3.8) is 0 Å². The molecule has 0 saturated carbocycles. The second-order valence-electron chi connectivity index (χ2n) is 8.51. The van der Waals surface area contributed by atoms with Crippen LogP contribution in [-0.2, 0) is 9.53 Å². The highest BCUT2D eigenvalue weighted by Crippen LogP contribution is 2.48. The zero-order valence-corrected chi connectivity index (χ0v) is 19.0. The molecule has 5 rings (SSSR count). The van der Waals surface area contributed by atoms with E-state index in [0.29, 0.717) is 53.5 Å². The molecule has 1 aliphatic heterocycles. The summed E-state index contributed by atoms with van der Waals surface area (Å²) >= 11 is 0. The quantitative estimate of drug-likeness (QED) is 0.591. The predicted octanol–water partition coefficient (Wildman–Crippen LogP) is 5.10. The molecule has 0 bridgehead atoms. The van der Waals surface area contributed by atoms with Gasteiger partial charge in [-0.05, 0) is 44.5 Å². The number of rotatable bonds is 4. The van der Waals surface area contributed by atoms with Crippen LogP contribution >= 0.6 is 0 Å². The number of ether oxygens (including phenoxy) is 2. The number of benzene rings is 2. The number of aromatic nitrogens is 2. The molecule has 1 unspecified atom stereocenters. The highest BCUT2D eigenvalue weighted by atomic mass is 16.5. The maximum atomic E-state index is 13.1. The smallest absolute Gasteiger partial charge is 0.227 e. The average Bonchev–Trinajstić information content (AvgIpc) is 3.15. The minimum absolute atomic E-state index is 0.0223. The fourth-order valence-corrected chi connectivity index (χ4v) is 4.56. The first kappa shape index (κ1) is 21.5. The van der Waals surface area contributed by atoms with Crippen LogP contribution in [0.2, 0.25) is 0 Å². The number of nitrogens with zero attached hydrogens (tertiary/aromatic N) is 3. The Morgan fingerprint density at radius 2 is 1.85 bits per heavy atom. The monoisotopic (exact) mass is 452 g/mol. The van der Waals surface area contributed by atoms with Crippen molar-refractivity contribution in [1.82, 2.24) is 9.78 Å². The molecule has 1 aliphatic carbocycles. The largest absolute Gasteiger partial charge is 0.444 e. The van der Waals surface area contributed by atoms with Gasteiger partial charge in [0.1, 0.15) is 23.2 Å². The fourth-order valence-electron chi connectivity index (χ4n) is 4.56. The molecule has 7 nitrogen and oxygen atoms in total. The summed E-state index contributed by atoms with van der Waals surface area (Å²) in [6, 6.07) is 19.5. The van der Waals surface area contributed by atoms with Gasteiger partial charge in [-0.15, -0.1) is 0 Å². The SMILES string of the molecule is Cc1ccc(Oc2c(C3C(C#N)=C(N)OC4=C3C(=O)CCC4)c(C)nn2-c2ccccc2)cc1. The summed E-state index contributed by atoms with van der Waals surface area (Å²) in [6.07, 6.45) is 1.68. The van der Waals surface area contributed by atoms with Gasteiger partial charge < -0.3 is 15.2 Å². The summed E-state index contributed by atoms with van der Waals surface area (Å²) in [4.78, 5) is 13.1. The van der Waals surface area contributed by atoms with Gasteiger partial charge in [-0.25, -0.2) is 4.68 Å². The van der Waals surface area contributed by atoms with Gasteiger partial charge in [0.25, 0.3) is 0 Å². The molecule has 2 heterocycles. The van der Waals surface area contributed by atoms with Crippen LogP contribution in [0.3, 0.4) is 0 Å². The van der Waals surface area contributed by atoms with Crippen molar-refractivity contribution in [2.75, 3.05) is 0 Å². The van der Waals surface area contributed by atoms with Crippen molar-refractivity contribution < 1.29 is 14.3 Å². The van der Waals surface area contributed by atoms with Gasteiger partial charge in [-0.3, -0.25) is 4.79 Å². The lowest BCUT2D eigenvalue weighted by Gasteiger charge is -2.31. The number of carbonyl (C=O) groups is 1. The Morgan fingerprint density at radius 1 is 1.12 bits per heavy atom. The van der Waals surface area contributed by atoms with Crippen molar-refractivity contribution >= 4 is 5.78 Å². The molecule has 170 valence electrons. The summed E-state index contributed by atoms with van der Waals surface area (Å²) in [6.45, 7) is 3.86. The third-order valence-electron chi connectivity index (χ3n) is 6.19. The van der Waals surface area contributed by atoms with Crippen LogP contribution in [0.1, 0.15) is 42.0 Å². The van der Waals surface area contributed by atoms with E-state index in [-0.39, 0.29) is 17.2 Å².